The van der Waals surface area contributed by atoms with Gasteiger partial charge < -0.3 is 9.87 Å². The van der Waals surface area contributed by atoms with Gasteiger partial charge >= 0.3 is 0 Å². The minimum atomic E-state index is -1.29. The molecule has 21 heavy (non-hydrogen) atoms. The Hall–Kier alpha value is -0.550. The third kappa shape index (κ3) is 2.74. The maximum atomic E-state index is 11.9. The monoisotopic (exact) mass is 306 g/mol. The summed E-state index contributed by atoms with van der Waals surface area (Å²) < 4.78 is 11.6. The molecule has 4 heteroatoms. The highest BCUT2D eigenvalue weighted by molar-refractivity contribution is 7.90. The first-order valence-corrected chi connectivity index (χ1v) is 9.11. The van der Waals surface area contributed by atoms with Crippen molar-refractivity contribution in [3.8, 4) is 0 Å². The van der Waals surface area contributed by atoms with Crippen molar-refractivity contribution in [1.29, 1.82) is 0 Å². The molecule has 2 aliphatic rings. The highest BCUT2D eigenvalue weighted by Gasteiger charge is 2.49. The molecule has 1 saturated heterocycles. The Balaban J connectivity index is 1.95. The molecule has 1 unspecified atom stereocenters. The Kier molecular flexibility index (Phi) is 4.08. The average molecular weight is 306 g/mol. The van der Waals surface area contributed by atoms with Crippen LogP contribution in [0, 0.1) is 5.41 Å². The molecule has 3 nitrogen and oxygen atoms in total. The van der Waals surface area contributed by atoms with Crippen LogP contribution in [0.4, 0.5) is 0 Å². The van der Waals surface area contributed by atoms with Gasteiger partial charge in [0, 0.05) is 17.8 Å². The molecular weight excluding hydrogens is 280 g/mol. The standard InChI is InChI=1S/C17H26N2OS/c1-16(2,21(18)20)12-15-14-6-4-3-5-13(14)11-17(15)7-9-19-10-8-17/h3-6,15,19H,7-12,18H2,1-2H3/t15-,21?/m1/s1. The van der Waals surface area contributed by atoms with Crippen molar-refractivity contribution in [2.45, 2.75) is 50.2 Å². The number of fused-ring (bicyclic) bond motifs is 1. The van der Waals surface area contributed by atoms with Gasteiger partial charge in [0.25, 0.3) is 0 Å². The van der Waals surface area contributed by atoms with Crippen LogP contribution in [0.25, 0.3) is 0 Å². The van der Waals surface area contributed by atoms with Gasteiger partial charge in [0.2, 0.25) is 0 Å². The molecule has 116 valence electrons. The lowest BCUT2D eigenvalue weighted by atomic mass is 9.67. The molecule has 1 aliphatic carbocycles. The van der Waals surface area contributed by atoms with Crippen molar-refractivity contribution in [3.05, 3.63) is 35.4 Å². The lowest BCUT2D eigenvalue weighted by Crippen LogP contribution is -2.44. The molecule has 1 spiro atoms. The van der Waals surface area contributed by atoms with Crippen molar-refractivity contribution in [2.24, 2.45) is 10.6 Å². The zero-order valence-corrected chi connectivity index (χ0v) is 13.8. The van der Waals surface area contributed by atoms with E-state index in [-0.39, 0.29) is 4.75 Å². The first kappa shape index (κ1) is 15.3. The van der Waals surface area contributed by atoms with Crippen LogP contribution >= 0.6 is 0 Å². The third-order valence-corrected chi connectivity index (χ3v) is 6.81. The van der Waals surface area contributed by atoms with E-state index in [2.05, 4.69) is 29.6 Å². The molecule has 0 aromatic heterocycles. The molecule has 1 aromatic carbocycles. The Labute approximate surface area is 131 Å². The molecule has 3 rings (SSSR count). The van der Waals surface area contributed by atoms with Crippen molar-refractivity contribution in [1.82, 2.24) is 5.32 Å². The minimum Gasteiger partial charge on any atom is -0.598 e. The Morgan fingerprint density at radius 2 is 2.00 bits per heavy atom. The van der Waals surface area contributed by atoms with E-state index < -0.39 is 11.4 Å². The summed E-state index contributed by atoms with van der Waals surface area (Å²) in [6.07, 6.45) is 4.50. The van der Waals surface area contributed by atoms with Gasteiger partial charge in [-0.25, -0.2) is 0 Å². The average Bonchev–Trinajstić information content (AvgIpc) is 2.73. The highest BCUT2D eigenvalue weighted by atomic mass is 32.2. The van der Waals surface area contributed by atoms with Gasteiger partial charge in [-0.15, -0.1) is 0 Å². The molecular formula is C17H26N2OS. The van der Waals surface area contributed by atoms with Crippen molar-refractivity contribution in [2.75, 3.05) is 13.1 Å². The first-order valence-electron chi connectivity index (χ1n) is 7.89. The summed E-state index contributed by atoms with van der Waals surface area (Å²) >= 11 is -1.29. The van der Waals surface area contributed by atoms with Crippen LogP contribution in [0.15, 0.2) is 24.3 Å². The molecule has 1 heterocycles. The van der Waals surface area contributed by atoms with Gasteiger partial charge in [0.05, 0.1) is 0 Å². The van der Waals surface area contributed by atoms with E-state index in [9.17, 15) is 4.55 Å². The lowest BCUT2D eigenvalue weighted by Gasteiger charge is -2.42. The predicted octanol–water partition coefficient (Wildman–Crippen LogP) is 2.49. The maximum absolute atomic E-state index is 11.9. The Morgan fingerprint density at radius 3 is 2.67 bits per heavy atom. The van der Waals surface area contributed by atoms with Crippen LogP contribution in [0.5, 0.6) is 0 Å². The number of benzene rings is 1. The number of nitrogens with two attached hydrogens (primary N) is 1. The smallest absolute Gasteiger partial charge is 0.140 e. The largest absolute Gasteiger partial charge is 0.598 e. The van der Waals surface area contributed by atoms with Gasteiger partial charge in [-0.05, 0) is 68.7 Å². The molecule has 1 aromatic rings. The zero-order chi connectivity index (χ0) is 15.1. The summed E-state index contributed by atoms with van der Waals surface area (Å²) in [4.78, 5) is 0. The van der Waals surface area contributed by atoms with Crippen LogP contribution in [0.3, 0.4) is 0 Å². The van der Waals surface area contributed by atoms with Gasteiger partial charge in [0.1, 0.15) is 4.75 Å². The van der Waals surface area contributed by atoms with Gasteiger partial charge in [-0.1, -0.05) is 24.3 Å². The fraction of sp³-hybridized carbons (Fsp3) is 0.647. The molecule has 0 amide bonds. The molecule has 3 N–H and O–H groups in total. The van der Waals surface area contributed by atoms with Crippen LogP contribution in [0.2, 0.25) is 0 Å². The number of hydrogen-bond acceptors (Lipinski definition) is 3. The molecule has 0 radical (unpaired) electrons. The quantitative estimate of drug-likeness (QED) is 0.843. The molecule has 2 atom stereocenters. The van der Waals surface area contributed by atoms with Crippen LogP contribution in [-0.2, 0) is 17.8 Å². The maximum Gasteiger partial charge on any atom is 0.140 e. The normalized spacial score (nSPS) is 25.8. The molecule has 0 saturated carbocycles. The topological polar surface area (TPSA) is 61.1 Å². The summed E-state index contributed by atoms with van der Waals surface area (Å²) in [5.41, 5.74) is 3.30. The second-order valence-electron chi connectivity index (χ2n) is 7.30. The number of rotatable bonds is 3. The number of hydrogen-bond donors (Lipinski definition) is 2. The van der Waals surface area contributed by atoms with E-state index in [1.165, 1.54) is 30.4 Å². The summed E-state index contributed by atoms with van der Waals surface area (Å²) in [5, 5.41) is 9.23. The first-order chi connectivity index (χ1) is 9.95. The minimum absolute atomic E-state index is 0.333. The van der Waals surface area contributed by atoms with E-state index in [1.54, 1.807) is 0 Å². The van der Waals surface area contributed by atoms with Gasteiger partial charge in [-0.3, -0.25) is 0 Å². The van der Waals surface area contributed by atoms with Crippen molar-refractivity contribution >= 4 is 11.4 Å². The van der Waals surface area contributed by atoms with E-state index in [4.69, 9.17) is 5.14 Å². The van der Waals surface area contributed by atoms with Crippen LogP contribution in [-0.4, -0.2) is 22.4 Å². The second kappa shape index (κ2) is 5.58. The SMILES string of the molecule is CC(C)(C[C@@H]1c2ccccc2CC12CCNCC2)[S+](N)[O-]. The van der Waals surface area contributed by atoms with Gasteiger partial charge in [0.15, 0.2) is 0 Å². The molecule has 1 aliphatic heterocycles. The van der Waals surface area contributed by atoms with Crippen LogP contribution < -0.4 is 10.5 Å². The van der Waals surface area contributed by atoms with E-state index in [0.29, 0.717) is 11.3 Å². The molecule has 1 fully saturated rings. The van der Waals surface area contributed by atoms with Crippen molar-refractivity contribution < 1.29 is 4.55 Å². The number of nitrogens with one attached hydrogen (secondary N) is 1. The summed E-state index contributed by atoms with van der Waals surface area (Å²) in [6.45, 7) is 6.27. The Morgan fingerprint density at radius 1 is 1.33 bits per heavy atom. The number of piperidine rings is 1. The summed E-state index contributed by atoms with van der Waals surface area (Å²) in [5.74, 6) is 0.485. The van der Waals surface area contributed by atoms with Crippen molar-refractivity contribution in [3.63, 3.8) is 0 Å². The summed E-state index contributed by atoms with van der Waals surface area (Å²) in [6, 6.07) is 8.82. The predicted molar refractivity (Wildman–Crippen MR) is 88.4 cm³/mol. The lowest BCUT2D eigenvalue weighted by molar-refractivity contribution is 0.158. The summed E-state index contributed by atoms with van der Waals surface area (Å²) in [7, 11) is 0. The fourth-order valence-electron chi connectivity index (χ4n) is 4.22. The third-order valence-electron chi connectivity index (χ3n) is 5.55. The van der Waals surface area contributed by atoms with Crippen LogP contribution in [0.1, 0.15) is 50.2 Å². The highest BCUT2D eigenvalue weighted by Crippen LogP contribution is 2.55. The van der Waals surface area contributed by atoms with E-state index >= 15 is 0 Å². The van der Waals surface area contributed by atoms with Gasteiger partial charge in [-0.2, -0.15) is 5.14 Å². The van der Waals surface area contributed by atoms with E-state index in [0.717, 1.165) is 19.5 Å². The molecule has 0 bridgehead atoms. The fourth-order valence-corrected chi connectivity index (χ4v) is 4.55. The van der Waals surface area contributed by atoms with E-state index in [1.807, 2.05) is 13.8 Å². The second-order valence-corrected chi connectivity index (χ2v) is 9.00. The Bertz CT molecular complexity index is 509. The zero-order valence-electron chi connectivity index (χ0n) is 13.0.